The van der Waals surface area contributed by atoms with E-state index in [-0.39, 0.29) is 18.4 Å². The number of carbonyl (C=O) groups excluding carboxylic acids is 2. The van der Waals surface area contributed by atoms with Crippen molar-refractivity contribution in [2.45, 2.75) is 32.7 Å². The van der Waals surface area contributed by atoms with E-state index in [9.17, 15) is 9.59 Å². The van der Waals surface area contributed by atoms with Crippen LogP contribution < -0.4 is 10.2 Å². The van der Waals surface area contributed by atoms with Crippen LogP contribution in [0.3, 0.4) is 0 Å². The van der Waals surface area contributed by atoms with Crippen LogP contribution in [0.1, 0.15) is 24.7 Å². The van der Waals surface area contributed by atoms with Crippen molar-refractivity contribution in [1.29, 1.82) is 0 Å². The molecule has 2 amide bonds. The van der Waals surface area contributed by atoms with E-state index in [2.05, 4.69) is 11.4 Å². The van der Waals surface area contributed by atoms with E-state index >= 15 is 0 Å². The molecule has 1 aliphatic heterocycles. The quantitative estimate of drug-likeness (QED) is 0.744. The Hall–Kier alpha value is -3.15. The number of aryl methyl sites for hydroxylation is 1. The maximum atomic E-state index is 13.2. The number of anilines is 1. The molecule has 6 nitrogen and oxygen atoms in total. The number of hydrogen-bond donors (Lipinski definition) is 1. The van der Waals surface area contributed by atoms with Gasteiger partial charge in [0.2, 0.25) is 11.8 Å². The van der Waals surface area contributed by atoms with Crippen molar-refractivity contribution < 1.29 is 9.59 Å². The van der Waals surface area contributed by atoms with E-state index in [1.807, 2.05) is 51.9 Å². The molecule has 0 saturated heterocycles. The van der Waals surface area contributed by atoms with Crippen LogP contribution in [0.25, 0.3) is 11.0 Å². The Labute approximate surface area is 164 Å². The molecule has 28 heavy (non-hydrogen) atoms. The predicted molar refractivity (Wildman–Crippen MR) is 109 cm³/mol. The second-order valence-corrected chi connectivity index (χ2v) is 7.11. The van der Waals surface area contributed by atoms with Gasteiger partial charge in [-0.1, -0.05) is 30.3 Å². The Morgan fingerprint density at radius 3 is 2.75 bits per heavy atom. The van der Waals surface area contributed by atoms with Crippen molar-refractivity contribution in [3.05, 3.63) is 59.9 Å². The average Bonchev–Trinajstić information content (AvgIpc) is 3.04. The minimum Gasteiger partial charge on any atom is -0.356 e. The molecule has 2 aromatic carbocycles. The van der Waals surface area contributed by atoms with Gasteiger partial charge in [-0.2, -0.15) is 0 Å². The highest BCUT2D eigenvalue weighted by Crippen LogP contribution is 2.27. The summed E-state index contributed by atoms with van der Waals surface area (Å²) in [6.07, 6.45) is 2.57. The molecule has 0 saturated carbocycles. The fraction of sp³-hybridized carbons (Fsp3) is 0.318. The van der Waals surface area contributed by atoms with Gasteiger partial charge in [0.05, 0.1) is 11.0 Å². The summed E-state index contributed by atoms with van der Waals surface area (Å²) in [5.74, 6) is 0.813. The molecule has 0 atom stereocenters. The van der Waals surface area contributed by atoms with Crippen LogP contribution in [0.5, 0.6) is 0 Å². The fourth-order valence-electron chi connectivity index (χ4n) is 3.86. The molecule has 6 heteroatoms. The van der Waals surface area contributed by atoms with Gasteiger partial charge in [0, 0.05) is 32.1 Å². The molecule has 1 N–H and O–H groups in total. The van der Waals surface area contributed by atoms with E-state index in [1.54, 1.807) is 0 Å². The molecule has 0 aliphatic carbocycles. The predicted octanol–water partition coefficient (Wildman–Crippen LogP) is 2.69. The normalized spacial score (nSPS) is 13.4. The summed E-state index contributed by atoms with van der Waals surface area (Å²) in [5.41, 5.74) is 4.05. The monoisotopic (exact) mass is 376 g/mol. The van der Waals surface area contributed by atoms with Crippen LogP contribution in [0.2, 0.25) is 0 Å². The van der Waals surface area contributed by atoms with Gasteiger partial charge >= 0.3 is 0 Å². The van der Waals surface area contributed by atoms with Crippen molar-refractivity contribution in [3.8, 4) is 0 Å². The molecule has 1 aromatic heterocycles. The topological polar surface area (TPSA) is 67.2 Å². The molecule has 0 bridgehead atoms. The summed E-state index contributed by atoms with van der Waals surface area (Å²) < 4.78 is 1.98. The van der Waals surface area contributed by atoms with Gasteiger partial charge in [0.15, 0.2) is 0 Å². The SMILES string of the molecule is CC(=O)NCCc1nc2ccccc2n1CC(=O)N1CCCc2ccccc21. The highest BCUT2D eigenvalue weighted by atomic mass is 16.2. The smallest absolute Gasteiger partial charge is 0.246 e. The number of para-hydroxylation sites is 3. The second-order valence-electron chi connectivity index (χ2n) is 7.11. The Morgan fingerprint density at radius 1 is 1.11 bits per heavy atom. The molecule has 3 aromatic rings. The largest absolute Gasteiger partial charge is 0.356 e. The number of amides is 2. The molecule has 2 heterocycles. The van der Waals surface area contributed by atoms with Gasteiger partial charge in [-0.15, -0.1) is 0 Å². The lowest BCUT2D eigenvalue weighted by molar-refractivity contribution is -0.120. The minimum atomic E-state index is -0.0661. The zero-order valence-corrected chi connectivity index (χ0v) is 16.0. The molecule has 144 valence electrons. The van der Waals surface area contributed by atoms with Gasteiger partial charge in [0.25, 0.3) is 0 Å². The summed E-state index contributed by atoms with van der Waals surface area (Å²) in [6.45, 7) is 2.98. The van der Waals surface area contributed by atoms with Crippen LogP contribution in [-0.4, -0.2) is 34.5 Å². The first-order chi connectivity index (χ1) is 13.6. The third kappa shape index (κ3) is 3.63. The van der Waals surface area contributed by atoms with Crippen LogP contribution in [-0.2, 0) is 29.0 Å². The lowest BCUT2D eigenvalue weighted by atomic mass is 10.0. The first-order valence-electron chi connectivity index (χ1n) is 9.70. The number of imidazole rings is 1. The number of benzene rings is 2. The Bertz CT molecular complexity index is 1020. The molecule has 0 fully saturated rings. The van der Waals surface area contributed by atoms with Crippen molar-refractivity contribution >= 4 is 28.5 Å². The van der Waals surface area contributed by atoms with E-state index in [4.69, 9.17) is 4.98 Å². The third-order valence-corrected chi connectivity index (χ3v) is 5.16. The highest BCUT2D eigenvalue weighted by molar-refractivity contribution is 5.95. The minimum absolute atomic E-state index is 0.0658. The van der Waals surface area contributed by atoms with Crippen LogP contribution >= 0.6 is 0 Å². The number of aromatic nitrogens is 2. The number of carbonyl (C=O) groups is 2. The van der Waals surface area contributed by atoms with Crippen LogP contribution in [0.15, 0.2) is 48.5 Å². The summed E-state index contributed by atoms with van der Waals surface area (Å²) >= 11 is 0. The Kier molecular flexibility index (Phi) is 5.10. The Balaban J connectivity index is 1.62. The van der Waals surface area contributed by atoms with Gasteiger partial charge < -0.3 is 14.8 Å². The van der Waals surface area contributed by atoms with Gasteiger partial charge in [-0.25, -0.2) is 4.98 Å². The maximum absolute atomic E-state index is 13.2. The average molecular weight is 376 g/mol. The van der Waals surface area contributed by atoms with Crippen LogP contribution in [0, 0.1) is 0 Å². The summed E-state index contributed by atoms with van der Waals surface area (Å²) in [6, 6.07) is 16.0. The highest BCUT2D eigenvalue weighted by Gasteiger charge is 2.23. The molecule has 0 spiro atoms. The number of rotatable bonds is 5. The molecule has 0 radical (unpaired) electrons. The molecular weight excluding hydrogens is 352 g/mol. The van der Waals surface area contributed by atoms with Gasteiger partial charge in [-0.05, 0) is 36.6 Å². The number of hydrogen-bond acceptors (Lipinski definition) is 3. The molecular formula is C22H24N4O2. The van der Waals surface area contributed by atoms with Gasteiger partial charge in [0.1, 0.15) is 12.4 Å². The van der Waals surface area contributed by atoms with Crippen molar-refractivity contribution in [2.24, 2.45) is 0 Å². The van der Waals surface area contributed by atoms with E-state index in [0.29, 0.717) is 13.0 Å². The summed E-state index contributed by atoms with van der Waals surface area (Å²) in [5, 5.41) is 2.81. The first kappa shape index (κ1) is 18.2. The summed E-state index contributed by atoms with van der Waals surface area (Å²) in [4.78, 5) is 31.0. The zero-order chi connectivity index (χ0) is 19.5. The molecule has 1 aliphatic rings. The van der Waals surface area contributed by atoms with E-state index in [1.165, 1.54) is 12.5 Å². The van der Waals surface area contributed by atoms with Gasteiger partial charge in [-0.3, -0.25) is 9.59 Å². The second kappa shape index (κ2) is 7.84. The molecule has 0 unspecified atom stereocenters. The summed E-state index contributed by atoms with van der Waals surface area (Å²) in [7, 11) is 0. The van der Waals surface area contributed by atoms with Crippen molar-refractivity contribution in [2.75, 3.05) is 18.0 Å². The number of nitrogens with one attached hydrogen (secondary N) is 1. The van der Waals surface area contributed by atoms with E-state index < -0.39 is 0 Å². The van der Waals surface area contributed by atoms with Crippen molar-refractivity contribution in [1.82, 2.24) is 14.9 Å². The fourth-order valence-corrected chi connectivity index (χ4v) is 3.86. The first-order valence-corrected chi connectivity index (χ1v) is 9.70. The lowest BCUT2D eigenvalue weighted by Crippen LogP contribution is -2.38. The number of nitrogens with zero attached hydrogens (tertiary/aromatic N) is 3. The third-order valence-electron chi connectivity index (χ3n) is 5.16. The standard InChI is InChI=1S/C22H24N4O2/c1-16(27)23-13-12-21-24-18-9-3-5-11-20(18)26(21)15-22(28)25-14-6-8-17-7-2-4-10-19(17)25/h2-5,7,9-11H,6,8,12-15H2,1H3,(H,23,27). The maximum Gasteiger partial charge on any atom is 0.246 e. The molecule has 4 rings (SSSR count). The van der Waals surface area contributed by atoms with E-state index in [0.717, 1.165) is 41.9 Å². The zero-order valence-electron chi connectivity index (χ0n) is 16.0. The lowest BCUT2D eigenvalue weighted by Gasteiger charge is -2.29. The van der Waals surface area contributed by atoms with Crippen molar-refractivity contribution in [3.63, 3.8) is 0 Å². The Morgan fingerprint density at radius 2 is 1.89 bits per heavy atom. The number of fused-ring (bicyclic) bond motifs is 2. The van der Waals surface area contributed by atoms with Crippen LogP contribution in [0.4, 0.5) is 5.69 Å².